The van der Waals surface area contributed by atoms with Crippen LogP contribution in [0.4, 0.5) is 6.01 Å². The fourth-order valence-electron chi connectivity index (χ4n) is 1.82. The highest BCUT2D eigenvalue weighted by atomic mass is 16.4. The number of fused-ring (bicyclic) bond motifs is 1. The number of hydrogen-bond donors (Lipinski definition) is 1. The molecule has 16 heavy (non-hydrogen) atoms. The van der Waals surface area contributed by atoms with Crippen molar-refractivity contribution in [3.05, 3.63) is 23.3 Å². The van der Waals surface area contributed by atoms with Crippen molar-refractivity contribution >= 4 is 17.1 Å². The van der Waals surface area contributed by atoms with Crippen LogP contribution in [0.25, 0.3) is 11.1 Å². The number of nitrogens with two attached hydrogens (primary N) is 1. The number of rotatable bonds is 3. The highest BCUT2D eigenvalue weighted by molar-refractivity contribution is 5.78. The van der Waals surface area contributed by atoms with Crippen LogP contribution >= 0.6 is 0 Å². The van der Waals surface area contributed by atoms with Crippen molar-refractivity contribution in [3.63, 3.8) is 0 Å². The van der Waals surface area contributed by atoms with Crippen molar-refractivity contribution in [1.82, 2.24) is 4.98 Å². The summed E-state index contributed by atoms with van der Waals surface area (Å²) in [5.41, 5.74) is 9.60. The molecule has 1 aromatic heterocycles. The van der Waals surface area contributed by atoms with Gasteiger partial charge in [-0.15, -0.1) is 0 Å². The Morgan fingerprint density at radius 3 is 2.81 bits per heavy atom. The van der Waals surface area contributed by atoms with Gasteiger partial charge in [0, 0.05) is 20.1 Å². The third kappa shape index (κ3) is 1.88. The van der Waals surface area contributed by atoms with E-state index in [-0.39, 0.29) is 0 Å². The largest absolute Gasteiger partial charge is 0.423 e. The van der Waals surface area contributed by atoms with Crippen LogP contribution in [0.3, 0.4) is 0 Å². The fraction of sp³-hybridized carbons (Fsp3) is 0.417. The minimum Gasteiger partial charge on any atom is -0.423 e. The van der Waals surface area contributed by atoms with Gasteiger partial charge < -0.3 is 15.1 Å². The van der Waals surface area contributed by atoms with Crippen molar-refractivity contribution in [2.45, 2.75) is 13.8 Å². The number of likely N-dealkylation sites (N-methyl/N-ethyl adjacent to an activating group) is 1. The Morgan fingerprint density at radius 2 is 2.12 bits per heavy atom. The first kappa shape index (κ1) is 11.0. The van der Waals surface area contributed by atoms with E-state index < -0.39 is 0 Å². The fourth-order valence-corrected chi connectivity index (χ4v) is 1.82. The summed E-state index contributed by atoms with van der Waals surface area (Å²) in [6.07, 6.45) is 0. The second-order valence-electron chi connectivity index (χ2n) is 4.14. The lowest BCUT2D eigenvalue weighted by Gasteiger charge is -2.11. The van der Waals surface area contributed by atoms with Gasteiger partial charge in [0.25, 0.3) is 6.01 Å². The van der Waals surface area contributed by atoms with Crippen LogP contribution < -0.4 is 10.6 Å². The van der Waals surface area contributed by atoms with Crippen molar-refractivity contribution in [3.8, 4) is 0 Å². The number of aryl methyl sites for hydroxylation is 2. The zero-order valence-corrected chi connectivity index (χ0v) is 9.95. The monoisotopic (exact) mass is 219 g/mol. The van der Waals surface area contributed by atoms with Crippen LogP contribution in [-0.2, 0) is 0 Å². The summed E-state index contributed by atoms with van der Waals surface area (Å²) in [6, 6.07) is 4.76. The summed E-state index contributed by atoms with van der Waals surface area (Å²) in [5, 5.41) is 0. The van der Waals surface area contributed by atoms with Gasteiger partial charge in [-0.2, -0.15) is 4.98 Å². The molecule has 0 radical (unpaired) electrons. The molecular weight excluding hydrogens is 202 g/mol. The lowest BCUT2D eigenvalue weighted by atomic mass is 10.1. The summed E-state index contributed by atoms with van der Waals surface area (Å²) < 4.78 is 5.73. The number of oxazole rings is 1. The lowest BCUT2D eigenvalue weighted by Crippen LogP contribution is -2.25. The summed E-state index contributed by atoms with van der Waals surface area (Å²) in [4.78, 5) is 6.38. The molecule has 0 saturated carbocycles. The highest BCUT2D eigenvalue weighted by Crippen LogP contribution is 2.25. The van der Waals surface area contributed by atoms with Crippen LogP contribution in [-0.4, -0.2) is 25.1 Å². The molecule has 0 amide bonds. The SMILES string of the molecule is Cc1cc(C)c2oc(N(C)CCN)nc2c1. The number of hydrogen-bond acceptors (Lipinski definition) is 4. The molecule has 4 heteroatoms. The van der Waals surface area contributed by atoms with Gasteiger partial charge in [0.05, 0.1) is 0 Å². The molecule has 1 aromatic carbocycles. The number of benzene rings is 1. The molecule has 0 saturated heterocycles. The molecule has 0 aliphatic heterocycles. The van der Waals surface area contributed by atoms with Crippen molar-refractivity contribution < 1.29 is 4.42 Å². The molecule has 86 valence electrons. The van der Waals surface area contributed by atoms with E-state index in [1.807, 2.05) is 24.9 Å². The van der Waals surface area contributed by atoms with Crippen LogP contribution in [0.5, 0.6) is 0 Å². The summed E-state index contributed by atoms with van der Waals surface area (Å²) in [5.74, 6) is 0. The molecule has 0 aliphatic carbocycles. The maximum absolute atomic E-state index is 5.73. The molecule has 0 fully saturated rings. The molecule has 2 N–H and O–H groups in total. The van der Waals surface area contributed by atoms with E-state index >= 15 is 0 Å². The van der Waals surface area contributed by atoms with Gasteiger partial charge in [-0.1, -0.05) is 6.07 Å². The minimum absolute atomic E-state index is 0.591. The van der Waals surface area contributed by atoms with E-state index in [2.05, 4.69) is 18.0 Å². The predicted molar refractivity (Wildman–Crippen MR) is 65.8 cm³/mol. The molecule has 0 spiro atoms. The molecule has 0 unspecified atom stereocenters. The first-order valence-corrected chi connectivity index (χ1v) is 5.41. The van der Waals surface area contributed by atoms with Gasteiger partial charge in [-0.3, -0.25) is 0 Å². The smallest absolute Gasteiger partial charge is 0.298 e. The van der Waals surface area contributed by atoms with E-state index in [1.54, 1.807) is 0 Å². The molecule has 2 rings (SSSR count). The topological polar surface area (TPSA) is 55.3 Å². The van der Waals surface area contributed by atoms with Crippen molar-refractivity contribution in [1.29, 1.82) is 0 Å². The lowest BCUT2D eigenvalue weighted by molar-refractivity contribution is 0.582. The van der Waals surface area contributed by atoms with Gasteiger partial charge in [-0.25, -0.2) is 0 Å². The first-order chi connectivity index (χ1) is 7.61. The Labute approximate surface area is 95.1 Å². The zero-order valence-electron chi connectivity index (χ0n) is 9.95. The average Bonchev–Trinajstić information content (AvgIpc) is 2.62. The maximum atomic E-state index is 5.73. The molecule has 0 aliphatic rings. The average molecular weight is 219 g/mol. The quantitative estimate of drug-likeness (QED) is 0.855. The van der Waals surface area contributed by atoms with E-state index in [0.29, 0.717) is 12.6 Å². The second kappa shape index (κ2) is 4.14. The maximum Gasteiger partial charge on any atom is 0.298 e. The van der Waals surface area contributed by atoms with Gasteiger partial charge in [0.1, 0.15) is 5.52 Å². The first-order valence-electron chi connectivity index (χ1n) is 5.41. The number of nitrogens with zero attached hydrogens (tertiary/aromatic N) is 2. The Morgan fingerprint density at radius 1 is 1.38 bits per heavy atom. The van der Waals surface area contributed by atoms with Crippen molar-refractivity contribution in [2.24, 2.45) is 5.73 Å². The normalized spacial score (nSPS) is 11.0. The molecular formula is C12H17N3O. The minimum atomic E-state index is 0.591. The van der Waals surface area contributed by atoms with Crippen LogP contribution in [0.15, 0.2) is 16.5 Å². The molecule has 4 nitrogen and oxygen atoms in total. The van der Waals surface area contributed by atoms with E-state index in [9.17, 15) is 0 Å². The van der Waals surface area contributed by atoms with Gasteiger partial charge in [-0.05, 0) is 31.0 Å². The van der Waals surface area contributed by atoms with Gasteiger partial charge >= 0.3 is 0 Å². The highest BCUT2D eigenvalue weighted by Gasteiger charge is 2.11. The van der Waals surface area contributed by atoms with E-state index in [0.717, 1.165) is 23.2 Å². The van der Waals surface area contributed by atoms with Gasteiger partial charge in [0.2, 0.25) is 0 Å². The number of anilines is 1. The number of aromatic nitrogens is 1. The molecule has 0 atom stereocenters. The van der Waals surface area contributed by atoms with Gasteiger partial charge in [0.15, 0.2) is 5.58 Å². The third-order valence-corrected chi connectivity index (χ3v) is 2.60. The van der Waals surface area contributed by atoms with Crippen LogP contribution in [0.1, 0.15) is 11.1 Å². The summed E-state index contributed by atoms with van der Waals surface area (Å²) >= 11 is 0. The van der Waals surface area contributed by atoms with Crippen LogP contribution in [0.2, 0.25) is 0 Å². The molecule has 2 aromatic rings. The Balaban J connectivity index is 2.47. The predicted octanol–water partition coefficient (Wildman–Crippen LogP) is 1.84. The standard InChI is InChI=1S/C12H17N3O/c1-8-6-9(2)11-10(7-8)14-12(16-11)15(3)5-4-13/h6-7H,4-5,13H2,1-3H3. The van der Waals surface area contributed by atoms with Crippen LogP contribution in [0, 0.1) is 13.8 Å². The summed E-state index contributed by atoms with van der Waals surface area (Å²) in [7, 11) is 1.93. The Hall–Kier alpha value is -1.55. The summed E-state index contributed by atoms with van der Waals surface area (Å²) in [6.45, 7) is 5.43. The van der Waals surface area contributed by atoms with Crippen molar-refractivity contribution in [2.75, 3.05) is 25.0 Å². The van der Waals surface area contributed by atoms with E-state index in [4.69, 9.17) is 10.2 Å². The molecule has 1 heterocycles. The Kier molecular flexibility index (Phi) is 2.83. The molecule has 0 bridgehead atoms. The Bertz CT molecular complexity index is 504. The second-order valence-corrected chi connectivity index (χ2v) is 4.14. The van der Waals surface area contributed by atoms with E-state index in [1.165, 1.54) is 5.56 Å². The third-order valence-electron chi connectivity index (χ3n) is 2.60. The zero-order chi connectivity index (χ0) is 11.7.